The van der Waals surface area contributed by atoms with Crippen molar-refractivity contribution in [3.05, 3.63) is 53.4 Å². The summed E-state index contributed by atoms with van der Waals surface area (Å²) in [6.45, 7) is 1.95. The molecule has 4 nitrogen and oxygen atoms in total. The van der Waals surface area contributed by atoms with Crippen LogP contribution in [0.4, 0.5) is 0 Å². The van der Waals surface area contributed by atoms with Gasteiger partial charge >= 0.3 is 0 Å². The Kier molecular flexibility index (Phi) is 3.28. The van der Waals surface area contributed by atoms with Crippen molar-refractivity contribution in [1.29, 1.82) is 0 Å². The highest BCUT2D eigenvalue weighted by atomic mass is 16.3. The second-order valence-corrected chi connectivity index (χ2v) is 4.08. The van der Waals surface area contributed by atoms with Crippen molar-refractivity contribution in [1.82, 2.24) is 9.78 Å². The van der Waals surface area contributed by atoms with Crippen LogP contribution >= 0.6 is 0 Å². The van der Waals surface area contributed by atoms with E-state index in [2.05, 4.69) is 5.10 Å². The van der Waals surface area contributed by atoms with Crippen molar-refractivity contribution in [2.75, 3.05) is 0 Å². The van der Waals surface area contributed by atoms with Crippen molar-refractivity contribution in [3.63, 3.8) is 0 Å². The Bertz CT molecular complexity index is 575. The molecular formula is C14H14N2O2. The number of allylic oxidation sites excluding steroid dienone is 1. The Morgan fingerprint density at radius 3 is 2.56 bits per heavy atom. The Labute approximate surface area is 105 Å². The van der Waals surface area contributed by atoms with Gasteiger partial charge in [-0.2, -0.15) is 5.10 Å². The molecule has 92 valence electrons. The molecular weight excluding hydrogens is 228 g/mol. The van der Waals surface area contributed by atoms with Crippen LogP contribution in [-0.4, -0.2) is 20.7 Å². The Hall–Kier alpha value is -2.36. The summed E-state index contributed by atoms with van der Waals surface area (Å²) in [6.07, 6.45) is 3.16. The molecule has 0 amide bonds. The number of carbonyl (C=O) groups excluding carboxylic acids is 1. The minimum Gasteiger partial charge on any atom is -0.508 e. The largest absolute Gasteiger partial charge is 0.508 e. The molecule has 1 heterocycles. The topological polar surface area (TPSA) is 55.1 Å². The number of aromatic hydroxyl groups is 1. The maximum Gasteiger partial charge on any atom is 0.185 e. The van der Waals surface area contributed by atoms with Gasteiger partial charge in [-0.1, -0.05) is 0 Å². The molecule has 0 saturated heterocycles. The first-order chi connectivity index (χ1) is 8.56. The van der Waals surface area contributed by atoms with Crippen molar-refractivity contribution < 1.29 is 9.90 Å². The first kappa shape index (κ1) is 12.1. The number of carbonyl (C=O) groups is 1. The summed E-state index contributed by atoms with van der Waals surface area (Å²) in [5, 5.41) is 13.4. The van der Waals surface area contributed by atoms with Crippen LogP contribution in [0.2, 0.25) is 0 Å². The van der Waals surface area contributed by atoms with E-state index in [-0.39, 0.29) is 11.5 Å². The van der Waals surface area contributed by atoms with Gasteiger partial charge in [0.1, 0.15) is 5.75 Å². The van der Waals surface area contributed by atoms with Crippen LogP contribution in [0.25, 0.3) is 6.08 Å². The predicted octanol–water partition coefficient (Wildman–Crippen LogP) is 2.33. The number of aromatic nitrogens is 2. The lowest BCUT2D eigenvalue weighted by Gasteiger charge is -1.95. The van der Waals surface area contributed by atoms with Crippen LogP contribution in [0.3, 0.4) is 0 Å². The molecule has 0 spiro atoms. The number of ketones is 1. The average Bonchev–Trinajstić information content (AvgIpc) is 2.67. The van der Waals surface area contributed by atoms with Gasteiger partial charge in [0.05, 0.1) is 5.69 Å². The molecule has 1 aromatic heterocycles. The Balaban J connectivity index is 2.14. The number of rotatable bonds is 3. The first-order valence-corrected chi connectivity index (χ1v) is 5.58. The van der Waals surface area contributed by atoms with Gasteiger partial charge in [0.15, 0.2) is 5.78 Å². The third kappa shape index (κ3) is 2.66. The van der Waals surface area contributed by atoms with Crippen LogP contribution < -0.4 is 0 Å². The summed E-state index contributed by atoms with van der Waals surface area (Å²) >= 11 is 0. The van der Waals surface area contributed by atoms with Gasteiger partial charge in [-0.3, -0.25) is 9.48 Å². The van der Waals surface area contributed by atoms with Crippen LogP contribution in [0.5, 0.6) is 5.75 Å². The molecule has 18 heavy (non-hydrogen) atoms. The van der Waals surface area contributed by atoms with Gasteiger partial charge in [0.25, 0.3) is 0 Å². The molecule has 0 aliphatic rings. The van der Waals surface area contributed by atoms with Gasteiger partial charge in [-0.05, 0) is 49.4 Å². The molecule has 0 bridgehead atoms. The summed E-state index contributed by atoms with van der Waals surface area (Å²) in [5.74, 6) is 0.0363. The van der Waals surface area contributed by atoms with E-state index in [1.807, 2.05) is 20.0 Å². The molecule has 0 aliphatic carbocycles. The molecule has 0 fully saturated rings. The van der Waals surface area contributed by atoms with Gasteiger partial charge in [0, 0.05) is 18.3 Å². The highest BCUT2D eigenvalue weighted by Crippen LogP contribution is 2.11. The zero-order valence-electron chi connectivity index (χ0n) is 10.3. The average molecular weight is 242 g/mol. The number of nitrogens with zero attached hydrogens (tertiary/aromatic N) is 2. The van der Waals surface area contributed by atoms with Gasteiger partial charge in [0.2, 0.25) is 0 Å². The third-order valence-electron chi connectivity index (χ3n) is 2.69. The second kappa shape index (κ2) is 4.87. The van der Waals surface area contributed by atoms with Gasteiger partial charge < -0.3 is 5.11 Å². The maximum atomic E-state index is 11.8. The molecule has 0 saturated carbocycles. The van der Waals surface area contributed by atoms with E-state index in [4.69, 9.17) is 5.11 Å². The Morgan fingerprint density at radius 2 is 2.00 bits per heavy atom. The first-order valence-electron chi connectivity index (χ1n) is 5.58. The number of phenolic OH excluding ortho intramolecular Hbond substituents is 1. The standard InChI is InChI=1S/C14H14N2O2/c1-10-9-12(15-16(10)2)5-8-14(18)11-3-6-13(17)7-4-11/h3-9,17H,1-2H3/b8-5+. The van der Waals surface area contributed by atoms with E-state index in [1.165, 1.54) is 18.2 Å². The van der Waals surface area contributed by atoms with Crippen LogP contribution in [0.1, 0.15) is 21.7 Å². The predicted molar refractivity (Wildman–Crippen MR) is 69.4 cm³/mol. The molecule has 0 atom stereocenters. The van der Waals surface area contributed by atoms with Gasteiger partial charge in [-0.15, -0.1) is 0 Å². The lowest BCUT2D eigenvalue weighted by molar-refractivity contribution is 0.104. The molecule has 2 aromatic rings. The molecule has 0 aliphatic heterocycles. The fraction of sp³-hybridized carbons (Fsp3) is 0.143. The summed E-state index contributed by atoms with van der Waals surface area (Å²) < 4.78 is 1.75. The lowest BCUT2D eigenvalue weighted by Crippen LogP contribution is -1.94. The Morgan fingerprint density at radius 1 is 1.33 bits per heavy atom. The van der Waals surface area contributed by atoms with Crippen LogP contribution in [0.15, 0.2) is 36.4 Å². The van der Waals surface area contributed by atoms with Crippen LogP contribution in [-0.2, 0) is 7.05 Å². The highest BCUT2D eigenvalue weighted by Gasteiger charge is 2.02. The number of hydrogen-bond donors (Lipinski definition) is 1. The van der Waals surface area contributed by atoms with E-state index >= 15 is 0 Å². The normalized spacial score (nSPS) is 11.0. The molecule has 1 aromatic carbocycles. The van der Waals surface area contributed by atoms with E-state index in [0.29, 0.717) is 5.56 Å². The molecule has 4 heteroatoms. The van der Waals surface area contributed by atoms with Crippen molar-refractivity contribution in [2.45, 2.75) is 6.92 Å². The number of hydrogen-bond acceptors (Lipinski definition) is 3. The highest BCUT2D eigenvalue weighted by molar-refractivity contribution is 6.06. The summed E-state index contributed by atoms with van der Waals surface area (Å²) in [5.41, 5.74) is 2.32. The second-order valence-electron chi connectivity index (χ2n) is 4.08. The van der Waals surface area contributed by atoms with E-state index in [0.717, 1.165) is 11.4 Å². The maximum absolute atomic E-state index is 11.8. The van der Waals surface area contributed by atoms with E-state index in [9.17, 15) is 4.79 Å². The molecule has 1 N–H and O–H groups in total. The third-order valence-corrected chi connectivity index (χ3v) is 2.69. The number of phenols is 1. The molecule has 0 unspecified atom stereocenters. The minimum absolute atomic E-state index is 0.113. The minimum atomic E-state index is -0.113. The summed E-state index contributed by atoms with van der Waals surface area (Å²) in [7, 11) is 1.86. The van der Waals surface area contributed by atoms with Crippen molar-refractivity contribution in [3.8, 4) is 5.75 Å². The van der Waals surface area contributed by atoms with Gasteiger partial charge in [-0.25, -0.2) is 0 Å². The zero-order chi connectivity index (χ0) is 13.1. The smallest absolute Gasteiger partial charge is 0.185 e. The zero-order valence-corrected chi connectivity index (χ0v) is 10.3. The van der Waals surface area contributed by atoms with E-state index in [1.54, 1.807) is 22.9 Å². The SMILES string of the molecule is Cc1cc(/C=C/C(=O)c2ccc(O)cc2)nn1C. The van der Waals surface area contributed by atoms with Crippen molar-refractivity contribution in [2.24, 2.45) is 7.05 Å². The summed E-state index contributed by atoms with van der Waals surface area (Å²) in [4.78, 5) is 11.8. The lowest BCUT2D eigenvalue weighted by atomic mass is 10.1. The molecule has 2 rings (SSSR count). The number of benzene rings is 1. The monoisotopic (exact) mass is 242 g/mol. The molecule has 0 radical (unpaired) electrons. The summed E-state index contributed by atoms with van der Waals surface area (Å²) in [6, 6.07) is 8.07. The quantitative estimate of drug-likeness (QED) is 0.664. The fourth-order valence-electron chi connectivity index (χ4n) is 1.55. The van der Waals surface area contributed by atoms with E-state index < -0.39 is 0 Å². The number of aryl methyl sites for hydroxylation is 2. The fourth-order valence-corrected chi connectivity index (χ4v) is 1.55. The van der Waals surface area contributed by atoms with Crippen LogP contribution in [0, 0.1) is 6.92 Å². The van der Waals surface area contributed by atoms with Crippen molar-refractivity contribution >= 4 is 11.9 Å².